The third-order valence-corrected chi connectivity index (χ3v) is 2.41. The summed E-state index contributed by atoms with van der Waals surface area (Å²) in [7, 11) is 0. The lowest BCUT2D eigenvalue weighted by Gasteiger charge is -2.12. The van der Waals surface area contributed by atoms with Crippen LogP contribution in [0, 0.1) is 5.92 Å². The van der Waals surface area contributed by atoms with Crippen LogP contribution in [0.2, 0.25) is 0 Å². The first-order chi connectivity index (χ1) is 7.22. The molecule has 15 heavy (non-hydrogen) atoms. The molecule has 1 unspecified atom stereocenters. The highest BCUT2D eigenvalue weighted by Crippen LogP contribution is 2.14. The second-order valence-electron chi connectivity index (χ2n) is 4.18. The van der Waals surface area contributed by atoms with Crippen molar-refractivity contribution in [3.63, 3.8) is 0 Å². The molecule has 1 rings (SSSR count). The number of aromatic hydroxyl groups is 1. The monoisotopic (exact) mass is 207 g/mol. The van der Waals surface area contributed by atoms with Gasteiger partial charge in [-0.1, -0.05) is 26.0 Å². The van der Waals surface area contributed by atoms with Crippen LogP contribution in [0.15, 0.2) is 24.3 Å². The van der Waals surface area contributed by atoms with Crippen molar-refractivity contribution in [2.75, 3.05) is 13.1 Å². The predicted molar refractivity (Wildman–Crippen MR) is 64.1 cm³/mol. The maximum atomic E-state index is 9.32. The highest BCUT2D eigenvalue weighted by molar-refractivity contribution is 5.27. The summed E-state index contributed by atoms with van der Waals surface area (Å²) in [5.41, 5.74) is 1.21. The lowest BCUT2D eigenvalue weighted by molar-refractivity contribution is 0.472. The predicted octanol–water partition coefficient (Wildman–Crippen LogP) is 2.57. The zero-order chi connectivity index (χ0) is 11.1. The molecule has 0 aliphatic heterocycles. The highest BCUT2D eigenvalue weighted by atomic mass is 16.3. The summed E-state index contributed by atoms with van der Waals surface area (Å²) in [6.45, 7) is 6.54. The lowest BCUT2D eigenvalue weighted by atomic mass is 10.0. The first-order valence-electron chi connectivity index (χ1n) is 5.71. The van der Waals surface area contributed by atoms with E-state index in [1.54, 1.807) is 6.07 Å². The number of phenols is 1. The average molecular weight is 207 g/mol. The Kier molecular flexibility index (Phi) is 5.19. The fraction of sp³-hybridized carbons (Fsp3) is 0.538. The van der Waals surface area contributed by atoms with Crippen molar-refractivity contribution in [1.29, 1.82) is 0 Å². The highest BCUT2D eigenvalue weighted by Gasteiger charge is 2.03. The van der Waals surface area contributed by atoms with Gasteiger partial charge in [-0.3, -0.25) is 0 Å². The summed E-state index contributed by atoms with van der Waals surface area (Å²) < 4.78 is 0. The number of rotatable bonds is 6. The summed E-state index contributed by atoms with van der Waals surface area (Å²) in [5, 5.41) is 12.7. The van der Waals surface area contributed by atoms with Gasteiger partial charge < -0.3 is 10.4 Å². The molecule has 0 saturated carbocycles. The SMILES string of the molecule is CCCNCC(C)Cc1cccc(O)c1. The number of hydrogen-bond acceptors (Lipinski definition) is 2. The van der Waals surface area contributed by atoms with Crippen molar-refractivity contribution in [2.24, 2.45) is 5.92 Å². The van der Waals surface area contributed by atoms with Crippen LogP contribution in [-0.2, 0) is 6.42 Å². The van der Waals surface area contributed by atoms with Crippen LogP contribution < -0.4 is 5.32 Å². The second kappa shape index (κ2) is 6.46. The minimum Gasteiger partial charge on any atom is -0.508 e. The fourth-order valence-corrected chi connectivity index (χ4v) is 1.68. The van der Waals surface area contributed by atoms with Gasteiger partial charge >= 0.3 is 0 Å². The van der Waals surface area contributed by atoms with E-state index in [-0.39, 0.29) is 0 Å². The molecule has 0 amide bonds. The van der Waals surface area contributed by atoms with Gasteiger partial charge in [-0.05, 0) is 49.5 Å². The van der Waals surface area contributed by atoms with E-state index in [0.717, 1.165) is 19.5 Å². The van der Waals surface area contributed by atoms with E-state index >= 15 is 0 Å². The van der Waals surface area contributed by atoms with Crippen LogP contribution in [0.3, 0.4) is 0 Å². The van der Waals surface area contributed by atoms with Gasteiger partial charge in [0.05, 0.1) is 0 Å². The Hall–Kier alpha value is -1.02. The summed E-state index contributed by atoms with van der Waals surface area (Å²) >= 11 is 0. The molecule has 1 aromatic carbocycles. The minimum atomic E-state index is 0.362. The molecule has 0 fully saturated rings. The Labute approximate surface area is 92.3 Å². The van der Waals surface area contributed by atoms with Gasteiger partial charge in [0.2, 0.25) is 0 Å². The quantitative estimate of drug-likeness (QED) is 0.703. The Bertz CT molecular complexity index is 286. The van der Waals surface area contributed by atoms with Gasteiger partial charge in [-0.2, -0.15) is 0 Å². The Balaban J connectivity index is 2.34. The lowest BCUT2D eigenvalue weighted by Crippen LogP contribution is -2.23. The van der Waals surface area contributed by atoms with E-state index in [2.05, 4.69) is 25.2 Å². The van der Waals surface area contributed by atoms with Crippen LogP contribution in [0.5, 0.6) is 5.75 Å². The van der Waals surface area contributed by atoms with Crippen LogP contribution in [-0.4, -0.2) is 18.2 Å². The number of nitrogens with one attached hydrogen (secondary N) is 1. The maximum Gasteiger partial charge on any atom is 0.115 e. The first-order valence-corrected chi connectivity index (χ1v) is 5.71. The molecule has 1 aromatic rings. The maximum absolute atomic E-state index is 9.32. The van der Waals surface area contributed by atoms with Crippen LogP contribution in [0.25, 0.3) is 0 Å². The average Bonchev–Trinajstić information content (AvgIpc) is 2.18. The number of benzene rings is 1. The molecular formula is C13H21NO. The van der Waals surface area contributed by atoms with Gasteiger partial charge in [0, 0.05) is 0 Å². The van der Waals surface area contributed by atoms with Crippen molar-refractivity contribution >= 4 is 0 Å². The molecule has 0 aromatic heterocycles. The minimum absolute atomic E-state index is 0.362. The topological polar surface area (TPSA) is 32.3 Å². The van der Waals surface area contributed by atoms with Crippen molar-refractivity contribution < 1.29 is 5.11 Å². The molecular weight excluding hydrogens is 186 g/mol. The van der Waals surface area contributed by atoms with Crippen molar-refractivity contribution in [3.05, 3.63) is 29.8 Å². The molecule has 0 aliphatic rings. The molecule has 84 valence electrons. The molecule has 1 atom stereocenters. The normalized spacial score (nSPS) is 12.7. The second-order valence-corrected chi connectivity index (χ2v) is 4.18. The molecule has 0 radical (unpaired) electrons. The molecule has 2 nitrogen and oxygen atoms in total. The van der Waals surface area contributed by atoms with Crippen LogP contribution in [0.4, 0.5) is 0 Å². The summed E-state index contributed by atoms with van der Waals surface area (Å²) in [4.78, 5) is 0. The molecule has 0 heterocycles. The first kappa shape index (κ1) is 12.1. The van der Waals surface area contributed by atoms with E-state index in [0.29, 0.717) is 11.7 Å². The molecule has 0 saturated heterocycles. The van der Waals surface area contributed by atoms with Crippen LogP contribution >= 0.6 is 0 Å². The van der Waals surface area contributed by atoms with Crippen molar-refractivity contribution in [1.82, 2.24) is 5.32 Å². The summed E-state index contributed by atoms with van der Waals surface area (Å²) in [6.07, 6.45) is 2.20. The van der Waals surface area contributed by atoms with Crippen molar-refractivity contribution in [2.45, 2.75) is 26.7 Å². The third kappa shape index (κ3) is 4.84. The number of hydrogen-bond donors (Lipinski definition) is 2. The van der Waals surface area contributed by atoms with Crippen LogP contribution in [0.1, 0.15) is 25.8 Å². The fourth-order valence-electron chi connectivity index (χ4n) is 1.68. The Morgan fingerprint density at radius 2 is 2.20 bits per heavy atom. The van der Waals surface area contributed by atoms with E-state index in [1.165, 1.54) is 12.0 Å². The van der Waals surface area contributed by atoms with Gasteiger partial charge in [0.15, 0.2) is 0 Å². The third-order valence-electron chi connectivity index (χ3n) is 2.41. The number of phenolic OH excluding ortho intramolecular Hbond substituents is 1. The Morgan fingerprint density at radius 1 is 1.40 bits per heavy atom. The standard InChI is InChI=1S/C13H21NO/c1-3-7-14-10-11(2)8-12-5-4-6-13(15)9-12/h4-6,9,11,14-15H,3,7-8,10H2,1-2H3. The van der Waals surface area contributed by atoms with E-state index < -0.39 is 0 Å². The molecule has 0 bridgehead atoms. The molecule has 0 spiro atoms. The van der Waals surface area contributed by atoms with E-state index in [9.17, 15) is 5.11 Å². The molecule has 0 aliphatic carbocycles. The largest absolute Gasteiger partial charge is 0.508 e. The van der Waals surface area contributed by atoms with E-state index in [4.69, 9.17) is 0 Å². The smallest absolute Gasteiger partial charge is 0.115 e. The zero-order valence-electron chi connectivity index (χ0n) is 9.66. The van der Waals surface area contributed by atoms with Gasteiger partial charge in [0.25, 0.3) is 0 Å². The zero-order valence-corrected chi connectivity index (χ0v) is 9.66. The van der Waals surface area contributed by atoms with Gasteiger partial charge in [-0.15, -0.1) is 0 Å². The summed E-state index contributed by atoms with van der Waals surface area (Å²) in [6, 6.07) is 7.52. The van der Waals surface area contributed by atoms with Gasteiger partial charge in [0.1, 0.15) is 5.75 Å². The van der Waals surface area contributed by atoms with E-state index in [1.807, 2.05) is 12.1 Å². The summed E-state index contributed by atoms with van der Waals surface area (Å²) in [5.74, 6) is 0.972. The molecule has 2 N–H and O–H groups in total. The Morgan fingerprint density at radius 3 is 2.87 bits per heavy atom. The molecule has 2 heteroatoms. The van der Waals surface area contributed by atoms with Crippen molar-refractivity contribution in [3.8, 4) is 5.75 Å². The van der Waals surface area contributed by atoms with Gasteiger partial charge in [-0.25, -0.2) is 0 Å².